The normalized spacial score (nSPS) is 10.3. The van der Waals surface area contributed by atoms with E-state index in [0.29, 0.717) is 12.1 Å². The van der Waals surface area contributed by atoms with Crippen LogP contribution in [0.2, 0.25) is 0 Å². The number of nitrogens with zero attached hydrogens (tertiary/aromatic N) is 2. The van der Waals surface area contributed by atoms with E-state index >= 15 is 0 Å². The van der Waals surface area contributed by atoms with Crippen LogP contribution in [0.3, 0.4) is 0 Å². The maximum atomic E-state index is 12.1. The van der Waals surface area contributed by atoms with Gasteiger partial charge in [-0.05, 0) is 54.1 Å². The van der Waals surface area contributed by atoms with Gasteiger partial charge in [-0.15, -0.1) is 0 Å². The second-order valence-electron chi connectivity index (χ2n) is 4.68. The number of benzene rings is 1. The van der Waals surface area contributed by atoms with Gasteiger partial charge < -0.3 is 9.88 Å². The molecule has 104 valence electrons. The van der Waals surface area contributed by atoms with Crippen LogP contribution in [0.4, 0.5) is 0 Å². The van der Waals surface area contributed by atoms with Gasteiger partial charge in [0.15, 0.2) is 0 Å². The largest absolute Gasteiger partial charge is 0.348 e. The lowest BCUT2D eigenvalue weighted by atomic mass is 10.2. The number of hydrogen-bond acceptors (Lipinski definition) is 2. The molecule has 0 atom stereocenters. The van der Waals surface area contributed by atoms with E-state index in [1.807, 2.05) is 65.5 Å². The zero-order valence-electron chi connectivity index (χ0n) is 11.4. The standard InChI is InChI=1S/C17H15N3O/c21-17(19-13-14-7-9-18-10-8-14)15-3-5-16(6-4-15)20-11-1-2-12-20/h1-12H,13H2,(H,19,21). The van der Waals surface area contributed by atoms with Crippen molar-refractivity contribution in [2.24, 2.45) is 0 Å². The second-order valence-corrected chi connectivity index (χ2v) is 4.68. The molecule has 3 rings (SSSR count). The Labute approximate surface area is 123 Å². The molecule has 4 heteroatoms. The highest BCUT2D eigenvalue weighted by Gasteiger charge is 2.05. The Morgan fingerprint density at radius 2 is 1.67 bits per heavy atom. The van der Waals surface area contributed by atoms with Gasteiger partial charge in [0.1, 0.15) is 0 Å². The molecule has 0 radical (unpaired) electrons. The minimum atomic E-state index is -0.0779. The van der Waals surface area contributed by atoms with E-state index in [-0.39, 0.29) is 5.91 Å². The van der Waals surface area contributed by atoms with Crippen LogP contribution in [-0.2, 0) is 6.54 Å². The van der Waals surface area contributed by atoms with Crippen molar-refractivity contribution >= 4 is 5.91 Å². The summed E-state index contributed by atoms with van der Waals surface area (Å²) in [7, 11) is 0. The van der Waals surface area contributed by atoms with Crippen LogP contribution >= 0.6 is 0 Å². The Morgan fingerprint density at radius 3 is 2.33 bits per heavy atom. The van der Waals surface area contributed by atoms with E-state index in [4.69, 9.17) is 0 Å². The van der Waals surface area contributed by atoms with Crippen LogP contribution in [0.5, 0.6) is 0 Å². The summed E-state index contributed by atoms with van der Waals surface area (Å²) in [6.45, 7) is 0.501. The number of hydrogen-bond donors (Lipinski definition) is 1. The lowest BCUT2D eigenvalue weighted by molar-refractivity contribution is 0.0951. The van der Waals surface area contributed by atoms with Crippen LogP contribution in [0, 0.1) is 0 Å². The van der Waals surface area contributed by atoms with Crippen LogP contribution < -0.4 is 5.32 Å². The molecule has 0 unspecified atom stereocenters. The summed E-state index contributed by atoms with van der Waals surface area (Å²) in [4.78, 5) is 16.0. The molecular formula is C17H15N3O. The molecule has 4 nitrogen and oxygen atoms in total. The molecule has 1 amide bonds. The lowest BCUT2D eigenvalue weighted by Crippen LogP contribution is -2.22. The van der Waals surface area contributed by atoms with Crippen LogP contribution in [0.15, 0.2) is 73.3 Å². The maximum Gasteiger partial charge on any atom is 0.251 e. The van der Waals surface area contributed by atoms with Gasteiger partial charge in [0.25, 0.3) is 5.91 Å². The smallest absolute Gasteiger partial charge is 0.251 e. The van der Waals surface area contributed by atoms with E-state index in [1.54, 1.807) is 12.4 Å². The number of carbonyl (C=O) groups excluding carboxylic acids is 1. The summed E-state index contributed by atoms with van der Waals surface area (Å²) < 4.78 is 2.00. The fraction of sp³-hybridized carbons (Fsp3) is 0.0588. The highest BCUT2D eigenvalue weighted by molar-refractivity contribution is 5.94. The Morgan fingerprint density at radius 1 is 1.00 bits per heavy atom. The molecule has 3 aromatic rings. The van der Waals surface area contributed by atoms with Crippen molar-refractivity contribution in [1.82, 2.24) is 14.9 Å². The van der Waals surface area contributed by atoms with Gasteiger partial charge in [-0.2, -0.15) is 0 Å². The molecule has 0 aliphatic heterocycles. The van der Waals surface area contributed by atoms with Crippen molar-refractivity contribution in [3.8, 4) is 5.69 Å². The minimum absolute atomic E-state index is 0.0779. The van der Waals surface area contributed by atoms with Crippen molar-refractivity contribution in [2.75, 3.05) is 0 Å². The molecule has 2 heterocycles. The topological polar surface area (TPSA) is 46.9 Å². The molecule has 1 aromatic carbocycles. The predicted molar refractivity (Wildman–Crippen MR) is 81.2 cm³/mol. The molecule has 0 aliphatic rings. The zero-order valence-corrected chi connectivity index (χ0v) is 11.4. The van der Waals surface area contributed by atoms with Gasteiger partial charge in [-0.3, -0.25) is 9.78 Å². The lowest BCUT2D eigenvalue weighted by Gasteiger charge is -2.07. The number of rotatable bonds is 4. The number of amides is 1. The SMILES string of the molecule is O=C(NCc1ccncc1)c1ccc(-n2cccc2)cc1. The Hall–Kier alpha value is -2.88. The molecule has 2 aromatic heterocycles. The van der Waals surface area contributed by atoms with Crippen molar-refractivity contribution < 1.29 is 4.79 Å². The fourth-order valence-electron chi connectivity index (χ4n) is 2.08. The quantitative estimate of drug-likeness (QED) is 0.797. The molecule has 0 saturated carbocycles. The Balaban J connectivity index is 1.65. The average molecular weight is 277 g/mol. The van der Waals surface area contributed by atoms with Crippen molar-refractivity contribution in [1.29, 1.82) is 0 Å². The number of carbonyl (C=O) groups is 1. The van der Waals surface area contributed by atoms with Crippen molar-refractivity contribution in [3.63, 3.8) is 0 Å². The number of nitrogens with one attached hydrogen (secondary N) is 1. The summed E-state index contributed by atoms with van der Waals surface area (Å²) in [6.07, 6.45) is 7.37. The second kappa shape index (κ2) is 6.05. The van der Waals surface area contributed by atoms with Gasteiger partial charge in [0.2, 0.25) is 0 Å². The van der Waals surface area contributed by atoms with E-state index in [1.165, 1.54) is 0 Å². The molecule has 0 aliphatic carbocycles. The molecule has 0 bridgehead atoms. The summed E-state index contributed by atoms with van der Waals surface area (Å²) in [6, 6.07) is 15.2. The van der Waals surface area contributed by atoms with Crippen LogP contribution in [0.1, 0.15) is 15.9 Å². The van der Waals surface area contributed by atoms with E-state index in [0.717, 1.165) is 11.3 Å². The first-order valence-corrected chi connectivity index (χ1v) is 6.73. The number of aromatic nitrogens is 2. The highest BCUT2D eigenvalue weighted by atomic mass is 16.1. The average Bonchev–Trinajstić information content (AvgIpc) is 3.08. The van der Waals surface area contributed by atoms with Gasteiger partial charge in [-0.25, -0.2) is 0 Å². The third kappa shape index (κ3) is 3.17. The highest BCUT2D eigenvalue weighted by Crippen LogP contribution is 2.10. The van der Waals surface area contributed by atoms with Crippen LogP contribution in [0.25, 0.3) is 5.69 Å². The molecule has 1 N–H and O–H groups in total. The van der Waals surface area contributed by atoms with Gasteiger partial charge in [0, 0.05) is 42.6 Å². The fourth-order valence-corrected chi connectivity index (χ4v) is 2.08. The Kier molecular flexibility index (Phi) is 3.78. The molecule has 0 fully saturated rings. The first-order valence-electron chi connectivity index (χ1n) is 6.73. The van der Waals surface area contributed by atoms with E-state index in [9.17, 15) is 4.79 Å². The summed E-state index contributed by atoms with van der Waals surface area (Å²) >= 11 is 0. The molecular weight excluding hydrogens is 262 g/mol. The van der Waals surface area contributed by atoms with Gasteiger partial charge >= 0.3 is 0 Å². The summed E-state index contributed by atoms with van der Waals surface area (Å²) in [5.41, 5.74) is 2.72. The number of pyridine rings is 1. The summed E-state index contributed by atoms with van der Waals surface area (Å²) in [5.74, 6) is -0.0779. The maximum absolute atomic E-state index is 12.1. The minimum Gasteiger partial charge on any atom is -0.348 e. The van der Waals surface area contributed by atoms with Crippen molar-refractivity contribution in [2.45, 2.75) is 6.54 Å². The third-order valence-electron chi connectivity index (χ3n) is 3.23. The Bertz CT molecular complexity index is 704. The van der Waals surface area contributed by atoms with E-state index in [2.05, 4.69) is 10.3 Å². The zero-order chi connectivity index (χ0) is 14.5. The predicted octanol–water partition coefficient (Wildman–Crippen LogP) is 2.80. The molecule has 0 spiro atoms. The molecule has 21 heavy (non-hydrogen) atoms. The van der Waals surface area contributed by atoms with Crippen LogP contribution in [-0.4, -0.2) is 15.5 Å². The summed E-state index contributed by atoms with van der Waals surface area (Å²) in [5, 5.41) is 2.90. The first kappa shape index (κ1) is 13.1. The van der Waals surface area contributed by atoms with Crippen molar-refractivity contribution in [3.05, 3.63) is 84.4 Å². The molecule has 0 saturated heterocycles. The first-order chi connectivity index (χ1) is 10.3. The van der Waals surface area contributed by atoms with Gasteiger partial charge in [-0.1, -0.05) is 0 Å². The van der Waals surface area contributed by atoms with E-state index < -0.39 is 0 Å². The monoisotopic (exact) mass is 277 g/mol. The van der Waals surface area contributed by atoms with Gasteiger partial charge in [0.05, 0.1) is 0 Å². The third-order valence-corrected chi connectivity index (χ3v) is 3.23.